The number of rotatable bonds is 3. The Balaban J connectivity index is 2.14. The number of nitriles is 1. The van der Waals surface area contributed by atoms with Crippen LogP contribution in [-0.4, -0.2) is 25.3 Å². The third-order valence-corrected chi connectivity index (χ3v) is 5.06. The van der Waals surface area contributed by atoms with Crippen molar-refractivity contribution in [3.63, 3.8) is 0 Å². The Labute approximate surface area is 137 Å². The van der Waals surface area contributed by atoms with Crippen molar-refractivity contribution in [3.05, 3.63) is 28.2 Å². The molecule has 2 aromatic rings. The van der Waals surface area contributed by atoms with Crippen LogP contribution >= 0.6 is 0 Å². The predicted molar refractivity (Wildman–Crippen MR) is 87.4 cm³/mol. The normalized spacial score (nSPS) is 17.1. The average Bonchev–Trinajstić information content (AvgIpc) is 2.57. The summed E-state index contributed by atoms with van der Waals surface area (Å²) in [4.78, 5) is 21.0. The maximum atomic E-state index is 12.6. The van der Waals surface area contributed by atoms with Crippen molar-refractivity contribution in [2.75, 3.05) is 6.26 Å². The first-order valence-electron chi connectivity index (χ1n) is 7.74. The lowest BCUT2D eigenvalue weighted by Crippen LogP contribution is -2.28. The zero-order valence-corrected chi connectivity index (χ0v) is 13.8. The molecule has 0 spiro atoms. The van der Waals surface area contributed by atoms with Crippen molar-refractivity contribution in [3.8, 4) is 6.07 Å². The molecule has 0 radical (unpaired) electrons. The molecule has 1 unspecified atom stereocenters. The van der Waals surface area contributed by atoms with Crippen molar-refractivity contribution in [2.24, 2.45) is 5.92 Å². The Morgan fingerprint density at radius 3 is 2.83 bits per heavy atom. The molecular formula is C16H18N4O2S. The summed E-state index contributed by atoms with van der Waals surface area (Å²) in [5.74, 6) is 0.420. The summed E-state index contributed by atoms with van der Waals surface area (Å²) < 4.78 is 13.2. The van der Waals surface area contributed by atoms with Gasteiger partial charge in [0.25, 0.3) is 5.56 Å². The molecule has 2 aromatic heterocycles. The lowest BCUT2D eigenvalue weighted by atomic mass is 9.89. The molecule has 1 aliphatic carbocycles. The van der Waals surface area contributed by atoms with E-state index in [-0.39, 0.29) is 16.3 Å². The number of hydrogen-bond acceptors (Lipinski definition) is 5. The summed E-state index contributed by atoms with van der Waals surface area (Å²) in [6.45, 7) is 0.553. The van der Waals surface area contributed by atoms with E-state index in [2.05, 4.69) is 9.97 Å². The Morgan fingerprint density at radius 2 is 2.17 bits per heavy atom. The molecule has 6 nitrogen and oxygen atoms in total. The second-order valence-electron chi connectivity index (χ2n) is 5.98. The van der Waals surface area contributed by atoms with E-state index in [4.69, 9.17) is 0 Å². The summed E-state index contributed by atoms with van der Waals surface area (Å²) >= 11 is -1.32. The van der Waals surface area contributed by atoms with Gasteiger partial charge in [0.1, 0.15) is 17.9 Å². The van der Waals surface area contributed by atoms with E-state index in [0.29, 0.717) is 23.5 Å². The van der Waals surface area contributed by atoms with Crippen LogP contribution in [-0.2, 0) is 17.7 Å². The van der Waals surface area contributed by atoms with E-state index >= 15 is 0 Å². The Hall–Kier alpha value is -1.91. The van der Waals surface area contributed by atoms with Crippen molar-refractivity contribution in [1.82, 2.24) is 14.5 Å². The molecule has 0 saturated heterocycles. The maximum Gasteiger partial charge on any atom is 0.344 e. The lowest BCUT2D eigenvalue weighted by molar-refractivity contribution is 0.319. The molecule has 0 N–H and O–H groups in total. The molecule has 0 aliphatic heterocycles. The zero-order chi connectivity index (χ0) is 16.4. The lowest BCUT2D eigenvalue weighted by Gasteiger charge is -2.23. The molecule has 2 heterocycles. The van der Waals surface area contributed by atoms with Crippen LogP contribution in [0.15, 0.2) is 22.2 Å². The number of pyridine rings is 1. The van der Waals surface area contributed by atoms with E-state index in [1.54, 1.807) is 4.57 Å². The minimum atomic E-state index is -1.32. The summed E-state index contributed by atoms with van der Waals surface area (Å²) in [5.41, 5.74) is 0.249. The van der Waals surface area contributed by atoms with E-state index in [1.807, 2.05) is 6.07 Å². The topological polar surface area (TPSA) is 94.6 Å². The van der Waals surface area contributed by atoms with Gasteiger partial charge in [-0.15, -0.1) is 0 Å². The van der Waals surface area contributed by atoms with Crippen LogP contribution < -0.4 is 5.56 Å². The summed E-state index contributed by atoms with van der Waals surface area (Å²) in [5, 5.41) is 10.0. The third kappa shape index (κ3) is 3.23. The van der Waals surface area contributed by atoms with Crippen LogP contribution in [0.3, 0.4) is 0 Å². The summed E-state index contributed by atoms with van der Waals surface area (Å²) in [6, 6.07) is 3.46. The van der Waals surface area contributed by atoms with Gasteiger partial charge in [-0.2, -0.15) is 15.2 Å². The van der Waals surface area contributed by atoms with Crippen molar-refractivity contribution >= 4 is 22.2 Å². The average molecular weight is 330 g/mol. The van der Waals surface area contributed by atoms with E-state index < -0.39 is 11.2 Å². The van der Waals surface area contributed by atoms with E-state index in [0.717, 1.165) is 12.8 Å². The molecule has 1 fully saturated rings. The van der Waals surface area contributed by atoms with Crippen LogP contribution in [0.5, 0.6) is 0 Å². The first kappa shape index (κ1) is 16.0. The first-order valence-corrected chi connectivity index (χ1v) is 9.30. The Bertz CT molecular complexity index is 819. The number of nitrogens with zero attached hydrogens (tertiary/aromatic N) is 4. The molecule has 7 heteroatoms. The highest BCUT2D eigenvalue weighted by Gasteiger charge is 2.19. The smallest absolute Gasteiger partial charge is 0.344 e. The largest absolute Gasteiger partial charge is 0.609 e. The molecule has 120 valence electrons. The first-order chi connectivity index (χ1) is 11.1. The highest BCUT2D eigenvalue weighted by Crippen LogP contribution is 2.25. The van der Waals surface area contributed by atoms with Gasteiger partial charge >= 0.3 is 5.16 Å². The van der Waals surface area contributed by atoms with Gasteiger partial charge in [0.15, 0.2) is 5.65 Å². The van der Waals surface area contributed by atoms with Crippen LogP contribution in [0, 0.1) is 17.2 Å². The quantitative estimate of drug-likeness (QED) is 0.633. The highest BCUT2D eigenvalue weighted by molar-refractivity contribution is 7.90. The Morgan fingerprint density at radius 1 is 1.43 bits per heavy atom. The zero-order valence-electron chi connectivity index (χ0n) is 13.0. The minimum Gasteiger partial charge on any atom is -0.609 e. The highest BCUT2D eigenvalue weighted by atomic mass is 32.2. The summed E-state index contributed by atoms with van der Waals surface area (Å²) in [6.07, 6.45) is 8.81. The van der Waals surface area contributed by atoms with Gasteiger partial charge < -0.3 is 4.55 Å². The summed E-state index contributed by atoms with van der Waals surface area (Å²) in [7, 11) is 0. The van der Waals surface area contributed by atoms with Crippen molar-refractivity contribution in [1.29, 1.82) is 5.26 Å². The van der Waals surface area contributed by atoms with Gasteiger partial charge in [0.2, 0.25) is 0 Å². The van der Waals surface area contributed by atoms with Crippen LogP contribution in [0.25, 0.3) is 11.0 Å². The fourth-order valence-electron chi connectivity index (χ4n) is 3.16. The molecule has 3 rings (SSSR count). The van der Waals surface area contributed by atoms with Crippen molar-refractivity contribution in [2.45, 2.75) is 43.8 Å². The molecule has 0 aromatic carbocycles. The van der Waals surface area contributed by atoms with E-state index in [9.17, 15) is 14.6 Å². The number of fused-ring (bicyclic) bond motifs is 1. The molecule has 0 bridgehead atoms. The fourth-order valence-corrected chi connectivity index (χ4v) is 3.58. The van der Waals surface area contributed by atoms with Gasteiger partial charge in [-0.05, 0) is 24.8 Å². The second-order valence-corrected chi connectivity index (χ2v) is 7.25. The Kier molecular flexibility index (Phi) is 4.64. The molecule has 1 atom stereocenters. The number of aromatic nitrogens is 3. The minimum absolute atomic E-state index is 0.0993. The van der Waals surface area contributed by atoms with Gasteiger partial charge in [-0.25, -0.2) is 0 Å². The monoisotopic (exact) mass is 330 g/mol. The van der Waals surface area contributed by atoms with Gasteiger partial charge in [0.05, 0.1) is 0 Å². The van der Waals surface area contributed by atoms with Crippen LogP contribution in [0.1, 0.15) is 37.7 Å². The molecule has 0 amide bonds. The maximum absolute atomic E-state index is 12.6. The molecule has 1 saturated carbocycles. The molecule has 1 aliphatic rings. The number of hydrogen-bond donors (Lipinski definition) is 0. The standard InChI is InChI=1S/C16H18N4O2S/c1-23(22)16-18-9-13-7-12(8-17)15(21)20(14(13)19-16)10-11-5-3-2-4-6-11/h7,9,11H,2-6,10H2,1H3. The third-order valence-electron chi connectivity index (χ3n) is 4.35. The second kappa shape index (κ2) is 6.69. The van der Waals surface area contributed by atoms with Gasteiger partial charge in [-0.3, -0.25) is 9.36 Å². The predicted octanol–water partition coefficient (Wildman–Crippen LogP) is 1.98. The van der Waals surface area contributed by atoms with Gasteiger partial charge in [-0.1, -0.05) is 19.3 Å². The van der Waals surface area contributed by atoms with Crippen LogP contribution in [0.2, 0.25) is 0 Å². The molecule has 23 heavy (non-hydrogen) atoms. The fraction of sp³-hybridized carbons (Fsp3) is 0.500. The SMILES string of the molecule is C[S+]([O-])c1ncc2cc(C#N)c(=O)n(CC3CCCCC3)c2n1. The molecular weight excluding hydrogens is 312 g/mol. The van der Waals surface area contributed by atoms with Crippen LogP contribution in [0.4, 0.5) is 0 Å². The van der Waals surface area contributed by atoms with E-state index in [1.165, 1.54) is 37.8 Å². The van der Waals surface area contributed by atoms with Gasteiger partial charge in [0, 0.05) is 29.3 Å². The van der Waals surface area contributed by atoms with Crippen molar-refractivity contribution < 1.29 is 4.55 Å².